The first kappa shape index (κ1) is 30.8. The quantitative estimate of drug-likeness (QED) is 0.170. The highest BCUT2D eigenvalue weighted by Gasteiger charge is 2.20. The van der Waals surface area contributed by atoms with E-state index in [9.17, 15) is 0 Å². The lowest BCUT2D eigenvalue weighted by Crippen LogP contribution is -2.00. The van der Waals surface area contributed by atoms with Gasteiger partial charge < -0.3 is 8.83 Å². The van der Waals surface area contributed by atoms with E-state index in [0.717, 1.165) is 71.7 Å². The van der Waals surface area contributed by atoms with Crippen LogP contribution in [0.25, 0.3) is 121 Å². The summed E-state index contributed by atoms with van der Waals surface area (Å²) in [6.45, 7) is 0. The average Bonchev–Trinajstić information content (AvgIpc) is 3.85. The molecule has 0 radical (unpaired) electrons. The zero-order chi connectivity index (χ0) is 36.7. The predicted octanol–water partition coefficient (Wildman–Crippen LogP) is 13.8. The van der Waals surface area contributed by atoms with Crippen LogP contribution in [0.1, 0.15) is 0 Å². The lowest BCUT2D eigenvalue weighted by atomic mass is 9.91. The molecule has 12 aromatic rings. The summed E-state index contributed by atoms with van der Waals surface area (Å²) in [4.78, 5) is 15.2. The van der Waals surface area contributed by atoms with Crippen molar-refractivity contribution in [2.24, 2.45) is 0 Å². The van der Waals surface area contributed by atoms with Crippen LogP contribution in [-0.2, 0) is 0 Å². The predicted molar refractivity (Wildman–Crippen MR) is 229 cm³/mol. The molecule has 5 heteroatoms. The summed E-state index contributed by atoms with van der Waals surface area (Å²) in [6, 6.07) is 61.0. The number of aromatic nitrogens is 3. The Morgan fingerprint density at radius 3 is 1.48 bits per heavy atom. The second-order valence-corrected chi connectivity index (χ2v) is 14.3. The fourth-order valence-corrected chi connectivity index (χ4v) is 8.58. The molecular weight excluding hydrogens is 687 g/mol. The third-order valence-corrected chi connectivity index (χ3v) is 11.1. The number of hydrogen-bond donors (Lipinski definition) is 0. The van der Waals surface area contributed by atoms with Crippen LogP contribution in [-0.4, -0.2) is 15.0 Å². The zero-order valence-electron chi connectivity index (χ0n) is 29.9. The zero-order valence-corrected chi connectivity index (χ0v) is 29.9. The molecule has 5 nitrogen and oxygen atoms in total. The molecule has 0 atom stereocenters. The molecule has 9 aromatic carbocycles. The van der Waals surface area contributed by atoms with E-state index in [0.29, 0.717) is 17.5 Å². The molecule has 0 saturated heterocycles. The van der Waals surface area contributed by atoms with Crippen LogP contribution in [0.4, 0.5) is 0 Å². The molecule has 0 N–H and O–H groups in total. The van der Waals surface area contributed by atoms with Gasteiger partial charge in [0.05, 0.1) is 0 Å². The van der Waals surface area contributed by atoms with E-state index in [4.69, 9.17) is 23.8 Å². The third-order valence-electron chi connectivity index (χ3n) is 11.1. The minimum absolute atomic E-state index is 0.565. The van der Waals surface area contributed by atoms with Gasteiger partial charge in [0.15, 0.2) is 17.5 Å². The van der Waals surface area contributed by atoms with E-state index in [-0.39, 0.29) is 0 Å². The number of rotatable bonds is 4. The van der Waals surface area contributed by atoms with Crippen molar-refractivity contribution in [3.8, 4) is 45.3 Å². The van der Waals surface area contributed by atoms with Gasteiger partial charge in [-0.1, -0.05) is 140 Å². The Kier molecular flexibility index (Phi) is 6.56. The van der Waals surface area contributed by atoms with Gasteiger partial charge in [-0.15, -0.1) is 0 Å². The minimum Gasteiger partial charge on any atom is -0.456 e. The van der Waals surface area contributed by atoms with E-state index in [1.54, 1.807) is 0 Å². The molecule has 0 aliphatic rings. The molecule has 0 aliphatic carbocycles. The van der Waals surface area contributed by atoms with Gasteiger partial charge in [0, 0.05) is 38.2 Å². The maximum absolute atomic E-state index is 6.63. The molecule has 260 valence electrons. The first-order valence-electron chi connectivity index (χ1n) is 18.8. The van der Waals surface area contributed by atoms with Gasteiger partial charge in [0.25, 0.3) is 0 Å². The van der Waals surface area contributed by atoms with Crippen molar-refractivity contribution in [2.45, 2.75) is 0 Å². The van der Waals surface area contributed by atoms with Crippen LogP contribution in [0, 0.1) is 0 Å². The van der Waals surface area contributed by atoms with Gasteiger partial charge in [-0.25, -0.2) is 15.0 Å². The summed E-state index contributed by atoms with van der Waals surface area (Å²) in [6.07, 6.45) is 0. The van der Waals surface area contributed by atoms with Gasteiger partial charge in [-0.05, 0) is 79.8 Å². The van der Waals surface area contributed by atoms with Gasteiger partial charge in [-0.3, -0.25) is 0 Å². The number of para-hydroxylation sites is 1. The Morgan fingerprint density at radius 1 is 0.268 bits per heavy atom. The molecule has 56 heavy (non-hydrogen) atoms. The molecule has 0 amide bonds. The van der Waals surface area contributed by atoms with E-state index >= 15 is 0 Å². The number of hydrogen-bond acceptors (Lipinski definition) is 5. The maximum Gasteiger partial charge on any atom is 0.164 e. The van der Waals surface area contributed by atoms with Gasteiger partial charge in [0.1, 0.15) is 22.3 Å². The molecule has 0 fully saturated rings. The Morgan fingerprint density at radius 2 is 0.750 bits per heavy atom. The van der Waals surface area contributed by atoms with Crippen LogP contribution >= 0.6 is 0 Å². The monoisotopic (exact) mass is 715 g/mol. The highest BCUT2D eigenvalue weighted by atomic mass is 16.3. The van der Waals surface area contributed by atoms with Crippen LogP contribution in [0.5, 0.6) is 0 Å². The molecule has 0 spiro atoms. The number of benzene rings is 9. The van der Waals surface area contributed by atoms with E-state index in [1.165, 1.54) is 32.3 Å². The Balaban J connectivity index is 1.04. The molecule has 3 heterocycles. The Bertz CT molecular complexity index is 3510. The van der Waals surface area contributed by atoms with E-state index in [1.807, 2.05) is 66.7 Å². The van der Waals surface area contributed by atoms with Crippen molar-refractivity contribution < 1.29 is 8.83 Å². The standard InChI is InChI=1S/C51H29N3O2/c1-2-12-30(13-3-1)49-52-50(54-51(53-49)41-20-11-23-45-48(41)39-18-8-9-21-43(39)55-45)32-25-27-40-46(29-32)56-44-22-10-19-33(47(40)44)31-24-26-38-36-16-5-4-14-34(36)35-15-6-7-17-37(35)42(38)28-31/h1-29H. The SMILES string of the molecule is c1ccc(-c2nc(-c3ccc4c(c3)oc3cccc(-c5ccc6c7ccccc7c7ccccc7c6c5)c34)nc(-c3cccc4oc5ccccc5c34)n2)cc1. The summed E-state index contributed by atoms with van der Waals surface area (Å²) in [5, 5.41) is 11.7. The number of fused-ring (bicyclic) bond motifs is 12. The minimum atomic E-state index is 0.565. The molecule has 3 aromatic heterocycles. The van der Waals surface area contributed by atoms with Crippen molar-refractivity contribution in [3.05, 3.63) is 176 Å². The van der Waals surface area contributed by atoms with Crippen molar-refractivity contribution in [3.63, 3.8) is 0 Å². The summed E-state index contributed by atoms with van der Waals surface area (Å²) < 4.78 is 12.9. The van der Waals surface area contributed by atoms with E-state index < -0.39 is 0 Å². The maximum atomic E-state index is 6.63. The number of nitrogens with zero attached hydrogens (tertiary/aromatic N) is 3. The van der Waals surface area contributed by atoms with Crippen molar-refractivity contribution in [2.75, 3.05) is 0 Å². The van der Waals surface area contributed by atoms with Crippen molar-refractivity contribution in [1.29, 1.82) is 0 Å². The van der Waals surface area contributed by atoms with Gasteiger partial charge in [0.2, 0.25) is 0 Å². The molecule has 0 saturated carbocycles. The molecular formula is C51H29N3O2. The fourth-order valence-electron chi connectivity index (χ4n) is 8.58. The third kappa shape index (κ3) is 4.64. The second-order valence-electron chi connectivity index (χ2n) is 14.3. The average molecular weight is 716 g/mol. The molecule has 0 aliphatic heterocycles. The summed E-state index contributed by atoms with van der Waals surface area (Å²) >= 11 is 0. The van der Waals surface area contributed by atoms with Gasteiger partial charge in [-0.2, -0.15) is 0 Å². The topological polar surface area (TPSA) is 65.0 Å². The molecule has 0 unspecified atom stereocenters. The van der Waals surface area contributed by atoms with Crippen molar-refractivity contribution in [1.82, 2.24) is 15.0 Å². The molecule has 0 bridgehead atoms. The summed E-state index contributed by atoms with van der Waals surface area (Å²) in [5.41, 5.74) is 8.13. The lowest BCUT2D eigenvalue weighted by Gasteiger charge is -2.12. The first-order valence-corrected chi connectivity index (χ1v) is 18.8. The highest BCUT2D eigenvalue weighted by Crippen LogP contribution is 2.42. The summed E-state index contributed by atoms with van der Waals surface area (Å²) in [7, 11) is 0. The van der Waals surface area contributed by atoms with Crippen LogP contribution in [0.3, 0.4) is 0 Å². The van der Waals surface area contributed by atoms with Crippen molar-refractivity contribution >= 4 is 76.2 Å². The highest BCUT2D eigenvalue weighted by molar-refractivity contribution is 6.26. The van der Waals surface area contributed by atoms with E-state index in [2.05, 4.69) is 109 Å². The smallest absolute Gasteiger partial charge is 0.164 e. The number of furan rings is 2. The van der Waals surface area contributed by atoms with Crippen LogP contribution in [0.15, 0.2) is 185 Å². The van der Waals surface area contributed by atoms with Crippen LogP contribution in [0.2, 0.25) is 0 Å². The first-order chi connectivity index (χ1) is 27.7. The largest absolute Gasteiger partial charge is 0.456 e. The van der Waals surface area contributed by atoms with Crippen LogP contribution < -0.4 is 0 Å². The summed E-state index contributed by atoms with van der Waals surface area (Å²) in [5.74, 6) is 1.74. The van der Waals surface area contributed by atoms with Gasteiger partial charge >= 0.3 is 0 Å². The Labute approximate surface area is 320 Å². The second kappa shape index (κ2) is 11.9. The Hall–Kier alpha value is -7.63. The molecule has 12 rings (SSSR count). The fraction of sp³-hybridized carbons (Fsp3) is 0. The lowest BCUT2D eigenvalue weighted by molar-refractivity contribution is 0.668. The normalized spacial score (nSPS) is 11.9.